The Morgan fingerprint density at radius 1 is 1.29 bits per heavy atom. The second-order valence-corrected chi connectivity index (χ2v) is 5.04. The number of carbonyl (C=O) groups is 2. The number of methoxy groups -OCH3 is 1. The fourth-order valence-electron chi connectivity index (χ4n) is 2.35. The predicted octanol–water partition coefficient (Wildman–Crippen LogP) is 1.45. The van der Waals surface area contributed by atoms with Gasteiger partial charge < -0.3 is 20.1 Å². The maximum absolute atomic E-state index is 12.2. The van der Waals surface area contributed by atoms with Gasteiger partial charge >= 0.3 is 5.97 Å². The lowest BCUT2D eigenvalue weighted by Crippen LogP contribution is -2.38. The van der Waals surface area contributed by atoms with Crippen LogP contribution in [0, 0.1) is 0 Å². The summed E-state index contributed by atoms with van der Waals surface area (Å²) in [4.78, 5) is 26.0. The van der Waals surface area contributed by atoms with E-state index in [0.29, 0.717) is 11.4 Å². The smallest absolute Gasteiger partial charge is 0.342 e. The maximum atomic E-state index is 12.2. The number of nitrogens with zero attached hydrogens (tertiary/aromatic N) is 1. The van der Waals surface area contributed by atoms with Gasteiger partial charge in [0, 0.05) is 18.8 Å². The molecule has 0 spiro atoms. The number of amides is 1. The first kappa shape index (κ1) is 15.2. The molecule has 2 rings (SSSR count). The van der Waals surface area contributed by atoms with E-state index in [1.54, 1.807) is 24.0 Å². The van der Waals surface area contributed by atoms with E-state index in [0.717, 1.165) is 25.9 Å². The van der Waals surface area contributed by atoms with E-state index >= 15 is 0 Å². The molecule has 114 valence electrons. The molecule has 1 aliphatic heterocycles. The molecule has 1 saturated heterocycles. The molecule has 21 heavy (non-hydrogen) atoms. The summed E-state index contributed by atoms with van der Waals surface area (Å²) in [5.74, 6) is -0.405. The van der Waals surface area contributed by atoms with E-state index in [2.05, 4.69) is 0 Å². The van der Waals surface area contributed by atoms with Gasteiger partial charge in [-0.3, -0.25) is 4.79 Å². The minimum Gasteiger partial charge on any atom is -0.496 e. The quantitative estimate of drug-likeness (QED) is 0.671. The van der Waals surface area contributed by atoms with Crippen LogP contribution >= 0.6 is 0 Å². The van der Waals surface area contributed by atoms with Gasteiger partial charge in [0.25, 0.3) is 5.91 Å². The molecular formula is C15H20N2O4. The molecule has 0 radical (unpaired) electrons. The third kappa shape index (κ3) is 3.45. The molecule has 1 heterocycles. The third-order valence-electron chi connectivity index (χ3n) is 3.49. The van der Waals surface area contributed by atoms with Gasteiger partial charge in [-0.2, -0.15) is 0 Å². The molecule has 2 N–H and O–H groups in total. The topological polar surface area (TPSA) is 81.9 Å². The van der Waals surface area contributed by atoms with E-state index in [1.807, 2.05) is 0 Å². The van der Waals surface area contributed by atoms with Crippen LogP contribution in [0.3, 0.4) is 0 Å². The van der Waals surface area contributed by atoms with Crippen molar-refractivity contribution < 1.29 is 19.1 Å². The molecule has 6 heteroatoms. The lowest BCUT2D eigenvalue weighted by molar-refractivity contribution is -0.138. The predicted molar refractivity (Wildman–Crippen MR) is 78.1 cm³/mol. The van der Waals surface area contributed by atoms with Crippen LogP contribution in [0.1, 0.15) is 30.1 Å². The Labute approximate surface area is 123 Å². The van der Waals surface area contributed by atoms with Crippen LogP contribution < -0.4 is 10.5 Å². The number of hydrogen-bond acceptors (Lipinski definition) is 5. The summed E-state index contributed by atoms with van der Waals surface area (Å²) in [5, 5.41) is 0. The normalized spacial score (nSPS) is 15.6. The minimum absolute atomic E-state index is 0.163. The largest absolute Gasteiger partial charge is 0.496 e. The zero-order valence-electron chi connectivity index (χ0n) is 12.3. The molecule has 1 atom stereocenters. The molecule has 0 aromatic heterocycles. The van der Waals surface area contributed by atoms with Crippen LogP contribution in [0.2, 0.25) is 0 Å². The summed E-state index contributed by atoms with van der Waals surface area (Å²) in [6, 6.07) is 4.71. The lowest BCUT2D eigenvalue weighted by Gasteiger charge is -2.20. The second-order valence-electron chi connectivity index (χ2n) is 5.04. The number of esters is 1. The molecule has 1 fully saturated rings. The summed E-state index contributed by atoms with van der Waals surface area (Å²) in [6.07, 6.45) is 1.17. The number of anilines is 1. The SMILES string of the molecule is COc1ccc(N)cc1C(=O)OC(C)C(=O)N1CCCC1. The van der Waals surface area contributed by atoms with E-state index in [9.17, 15) is 9.59 Å². The number of ether oxygens (including phenoxy) is 2. The van der Waals surface area contributed by atoms with Crippen LogP contribution in [-0.2, 0) is 9.53 Å². The average molecular weight is 292 g/mol. The molecule has 1 unspecified atom stereocenters. The number of nitrogen functional groups attached to an aromatic ring is 1. The van der Waals surface area contributed by atoms with Gasteiger partial charge in [0.05, 0.1) is 7.11 Å². The number of carbonyl (C=O) groups excluding carboxylic acids is 2. The summed E-state index contributed by atoms with van der Waals surface area (Å²) in [6.45, 7) is 3.03. The highest BCUT2D eigenvalue weighted by Gasteiger charge is 2.27. The van der Waals surface area contributed by atoms with Gasteiger partial charge in [-0.25, -0.2) is 4.79 Å². The standard InChI is InChI=1S/C15H20N2O4/c1-10(14(18)17-7-3-4-8-17)21-15(19)12-9-11(16)5-6-13(12)20-2/h5-6,9-10H,3-4,7-8,16H2,1-2H3. The second kappa shape index (κ2) is 6.47. The molecule has 1 amide bonds. The first-order valence-electron chi connectivity index (χ1n) is 6.96. The Bertz CT molecular complexity index is 538. The van der Waals surface area contributed by atoms with Gasteiger partial charge in [-0.05, 0) is 38.0 Å². The highest BCUT2D eigenvalue weighted by molar-refractivity contribution is 5.95. The molecule has 6 nitrogen and oxygen atoms in total. The van der Waals surface area contributed by atoms with Crippen LogP contribution in [0.25, 0.3) is 0 Å². The zero-order chi connectivity index (χ0) is 15.4. The fraction of sp³-hybridized carbons (Fsp3) is 0.467. The Kier molecular flexibility index (Phi) is 4.67. The Balaban J connectivity index is 2.06. The van der Waals surface area contributed by atoms with E-state index in [-0.39, 0.29) is 11.5 Å². The molecule has 0 bridgehead atoms. The van der Waals surface area contributed by atoms with Crippen LogP contribution in [0.15, 0.2) is 18.2 Å². The molecule has 0 aliphatic carbocycles. The summed E-state index contributed by atoms with van der Waals surface area (Å²) < 4.78 is 10.4. The van der Waals surface area contributed by atoms with Crippen LogP contribution in [0.5, 0.6) is 5.75 Å². The summed E-state index contributed by atoms with van der Waals surface area (Å²) >= 11 is 0. The summed E-state index contributed by atoms with van der Waals surface area (Å²) in [7, 11) is 1.46. The van der Waals surface area contributed by atoms with Crippen molar-refractivity contribution in [2.45, 2.75) is 25.9 Å². The van der Waals surface area contributed by atoms with Crippen molar-refractivity contribution in [1.82, 2.24) is 4.90 Å². The maximum Gasteiger partial charge on any atom is 0.342 e. The minimum atomic E-state index is -0.818. The van der Waals surface area contributed by atoms with E-state index in [4.69, 9.17) is 15.2 Å². The van der Waals surface area contributed by atoms with E-state index in [1.165, 1.54) is 13.2 Å². The Morgan fingerprint density at radius 2 is 1.95 bits per heavy atom. The zero-order valence-corrected chi connectivity index (χ0v) is 12.3. The van der Waals surface area contributed by atoms with Gasteiger partial charge in [0.2, 0.25) is 0 Å². The van der Waals surface area contributed by atoms with Gasteiger partial charge in [-0.15, -0.1) is 0 Å². The monoisotopic (exact) mass is 292 g/mol. The first-order chi connectivity index (χ1) is 10.0. The highest BCUT2D eigenvalue weighted by atomic mass is 16.5. The number of benzene rings is 1. The Morgan fingerprint density at radius 3 is 2.57 bits per heavy atom. The number of nitrogens with two attached hydrogens (primary N) is 1. The van der Waals surface area contributed by atoms with Gasteiger partial charge in [0.1, 0.15) is 11.3 Å². The van der Waals surface area contributed by atoms with Crippen LogP contribution in [0.4, 0.5) is 5.69 Å². The number of hydrogen-bond donors (Lipinski definition) is 1. The molecule has 1 aliphatic rings. The van der Waals surface area contributed by atoms with Crippen molar-refractivity contribution >= 4 is 17.6 Å². The van der Waals surface area contributed by atoms with E-state index < -0.39 is 12.1 Å². The third-order valence-corrected chi connectivity index (χ3v) is 3.49. The first-order valence-corrected chi connectivity index (χ1v) is 6.96. The van der Waals surface area contributed by atoms with Crippen molar-refractivity contribution in [3.05, 3.63) is 23.8 Å². The van der Waals surface area contributed by atoms with Crippen molar-refractivity contribution in [3.63, 3.8) is 0 Å². The summed E-state index contributed by atoms with van der Waals surface area (Å²) in [5.41, 5.74) is 6.32. The lowest BCUT2D eigenvalue weighted by atomic mass is 10.2. The highest BCUT2D eigenvalue weighted by Crippen LogP contribution is 2.22. The molecular weight excluding hydrogens is 272 g/mol. The van der Waals surface area contributed by atoms with Crippen molar-refractivity contribution in [2.24, 2.45) is 0 Å². The van der Waals surface area contributed by atoms with Gasteiger partial charge in [0.15, 0.2) is 6.10 Å². The molecule has 1 aromatic carbocycles. The fourth-order valence-corrected chi connectivity index (χ4v) is 2.35. The molecule has 1 aromatic rings. The Hall–Kier alpha value is -2.24. The van der Waals surface area contributed by atoms with Crippen molar-refractivity contribution in [3.8, 4) is 5.75 Å². The number of likely N-dealkylation sites (tertiary alicyclic amines) is 1. The van der Waals surface area contributed by atoms with Crippen molar-refractivity contribution in [1.29, 1.82) is 0 Å². The van der Waals surface area contributed by atoms with Gasteiger partial charge in [-0.1, -0.05) is 0 Å². The average Bonchev–Trinajstić information content (AvgIpc) is 3.00. The van der Waals surface area contributed by atoms with Crippen molar-refractivity contribution in [2.75, 3.05) is 25.9 Å². The molecule has 0 saturated carbocycles. The van der Waals surface area contributed by atoms with Crippen LogP contribution in [-0.4, -0.2) is 43.1 Å². The number of rotatable bonds is 4.